The standard InChI is InChI=1S/C24H23FN2O3/c1-4-30-23-13-16(9-12-22(23)29-3)15-27-20-11-10-17(14-21(20)26(2)24(27)28)18-7-5-6-8-19(18)25/h5-14H,4,15H2,1-3H3. The fraction of sp³-hybridized carbons (Fsp3) is 0.208. The summed E-state index contributed by atoms with van der Waals surface area (Å²) in [6.45, 7) is 2.82. The molecule has 0 atom stereocenters. The van der Waals surface area contributed by atoms with Crippen LogP contribution in [0.1, 0.15) is 12.5 Å². The van der Waals surface area contributed by atoms with Crippen molar-refractivity contribution >= 4 is 11.0 Å². The quantitative estimate of drug-likeness (QED) is 0.470. The third kappa shape index (κ3) is 3.45. The lowest BCUT2D eigenvalue weighted by Gasteiger charge is -2.11. The molecular weight excluding hydrogens is 383 g/mol. The lowest BCUT2D eigenvalue weighted by atomic mass is 10.0. The van der Waals surface area contributed by atoms with Crippen molar-refractivity contribution < 1.29 is 13.9 Å². The second kappa shape index (κ2) is 8.06. The maximum absolute atomic E-state index is 14.2. The number of nitrogens with zero attached hydrogens (tertiary/aromatic N) is 2. The van der Waals surface area contributed by atoms with Gasteiger partial charge in [0.05, 0.1) is 31.3 Å². The molecule has 0 unspecified atom stereocenters. The number of hydrogen-bond acceptors (Lipinski definition) is 3. The number of hydrogen-bond donors (Lipinski definition) is 0. The van der Waals surface area contributed by atoms with Crippen molar-refractivity contribution in [2.45, 2.75) is 13.5 Å². The van der Waals surface area contributed by atoms with Gasteiger partial charge in [-0.05, 0) is 48.4 Å². The molecule has 0 bridgehead atoms. The SMILES string of the molecule is CCOc1cc(Cn2c(=O)n(C)c3cc(-c4ccccc4F)ccc32)ccc1OC. The van der Waals surface area contributed by atoms with E-state index >= 15 is 0 Å². The predicted octanol–water partition coefficient (Wildman–Crippen LogP) is 4.60. The van der Waals surface area contributed by atoms with E-state index in [4.69, 9.17) is 9.47 Å². The number of ether oxygens (including phenoxy) is 2. The summed E-state index contributed by atoms with van der Waals surface area (Å²) in [5, 5.41) is 0. The van der Waals surface area contributed by atoms with E-state index in [0.29, 0.717) is 30.2 Å². The number of aromatic nitrogens is 2. The van der Waals surface area contributed by atoms with E-state index in [1.165, 1.54) is 6.07 Å². The van der Waals surface area contributed by atoms with E-state index in [1.807, 2.05) is 43.3 Å². The van der Waals surface area contributed by atoms with E-state index < -0.39 is 0 Å². The summed E-state index contributed by atoms with van der Waals surface area (Å²) >= 11 is 0. The van der Waals surface area contributed by atoms with E-state index in [-0.39, 0.29) is 11.5 Å². The van der Waals surface area contributed by atoms with Crippen LogP contribution in [0.3, 0.4) is 0 Å². The third-order valence-corrected chi connectivity index (χ3v) is 5.20. The van der Waals surface area contributed by atoms with Crippen molar-refractivity contribution in [1.29, 1.82) is 0 Å². The fourth-order valence-corrected chi connectivity index (χ4v) is 3.69. The molecule has 6 heteroatoms. The molecule has 1 heterocycles. The minimum atomic E-state index is -0.289. The number of halogens is 1. The van der Waals surface area contributed by atoms with E-state index in [1.54, 1.807) is 41.5 Å². The Hall–Kier alpha value is -3.54. The molecule has 1 aromatic heterocycles. The molecule has 0 spiro atoms. The van der Waals surface area contributed by atoms with Gasteiger partial charge in [-0.15, -0.1) is 0 Å². The van der Waals surface area contributed by atoms with Crippen LogP contribution in [-0.4, -0.2) is 22.9 Å². The summed E-state index contributed by atoms with van der Waals surface area (Å²) in [5.41, 5.74) is 3.57. The number of rotatable bonds is 6. The molecule has 4 rings (SSSR count). The zero-order valence-electron chi connectivity index (χ0n) is 17.2. The molecule has 4 aromatic rings. The van der Waals surface area contributed by atoms with Gasteiger partial charge in [-0.2, -0.15) is 0 Å². The average molecular weight is 406 g/mol. The van der Waals surface area contributed by atoms with Crippen molar-refractivity contribution in [2.24, 2.45) is 7.05 Å². The van der Waals surface area contributed by atoms with Gasteiger partial charge < -0.3 is 9.47 Å². The van der Waals surface area contributed by atoms with Gasteiger partial charge in [0.2, 0.25) is 0 Å². The highest BCUT2D eigenvalue weighted by atomic mass is 19.1. The first kappa shape index (κ1) is 19.8. The molecule has 0 fully saturated rings. The smallest absolute Gasteiger partial charge is 0.329 e. The molecule has 5 nitrogen and oxygen atoms in total. The van der Waals surface area contributed by atoms with Gasteiger partial charge in [0.15, 0.2) is 11.5 Å². The Kier molecular flexibility index (Phi) is 5.31. The van der Waals surface area contributed by atoms with Gasteiger partial charge >= 0.3 is 5.69 Å². The molecule has 0 N–H and O–H groups in total. The van der Waals surface area contributed by atoms with Crippen LogP contribution < -0.4 is 15.2 Å². The molecule has 0 aliphatic rings. The number of methoxy groups -OCH3 is 1. The first-order chi connectivity index (χ1) is 14.5. The van der Waals surface area contributed by atoms with Crippen molar-refractivity contribution in [3.8, 4) is 22.6 Å². The van der Waals surface area contributed by atoms with Gasteiger partial charge in [0, 0.05) is 12.6 Å². The Morgan fingerprint density at radius 3 is 2.50 bits per heavy atom. The van der Waals surface area contributed by atoms with Gasteiger partial charge in [0.25, 0.3) is 0 Å². The lowest BCUT2D eigenvalue weighted by molar-refractivity contribution is 0.310. The number of benzene rings is 3. The van der Waals surface area contributed by atoms with Crippen LogP contribution in [0, 0.1) is 5.82 Å². The van der Waals surface area contributed by atoms with Gasteiger partial charge in [-0.25, -0.2) is 9.18 Å². The highest BCUT2D eigenvalue weighted by molar-refractivity contribution is 5.83. The van der Waals surface area contributed by atoms with Crippen LogP contribution in [-0.2, 0) is 13.6 Å². The molecule has 0 amide bonds. The zero-order chi connectivity index (χ0) is 21.3. The molecule has 0 saturated heterocycles. The van der Waals surface area contributed by atoms with Crippen LogP contribution in [0.2, 0.25) is 0 Å². The Labute approximate surface area is 173 Å². The summed E-state index contributed by atoms with van der Waals surface area (Å²) in [4.78, 5) is 12.9. The fourth-order valence-electron chi connectivity index (χ4n) is 3.69. The first-order valence-electron chi connectivity index (χ1n) is 9.77. The Morgan fingerprint density at radius 2 is 1.77 bits per heavy atom. The Morgan fingerprint density at radius 1 is 0.967 bits per heavy atom. The van der Waals surface area contributed by atoms with Crippen LogP contribution in [0.4, 0.5) is 4.39 Å². The predicted molar refractivity (Wildman–Crippen MR) is 116 cm³/mol. The molecule has 3 aromatic carbocycles. The highest BCUT2D eigenvalue weighted by Gasteiger charge is 2.14. The minimum Gasteiger partial charge on any atom is -0.493 e. The molecule has 30 heavy (non-hydrogen) atoms. The molecule has 0 aliphatic carbocycles. The Bertz CT molecular complexity index is 1270. The minimum absolute atomic E-state index is 0.135. The van der Waals surface area contributed by atoms with Crippen molar-refractivity contribution in [2.75, 3.05) is 13.7 Å². The molecule has 154 valence electrons. The van der Waals surface area contributed by atoms with Crippen LogP contribution in [0.15, 0.2) is 65.5 Å². The summed E-state index contributed by atoms with van der Waals surface area (Å²) < 4.78 is 28.5. The average Bonchev–Trinajstić information content (AvgIpc) is 2.99. The number of fused-ring (bicyclic) bond motifs is 1. The maximum atomic E-state index is 14.2. The maximum Gasteiger partial charge on any atom is 0.329 e. The topological polar surface area (TPSA) is 45.4 Å². The van der Waals surface area contributed by atoms with Crippen LogP contribution >= 0.6 is 0 Å². The van der Waals surface area contributed by atoms with Crippen molar-refractivity contribution in [3.05, 3.63) is 82.5 Å². The van der Waals surface area contributed by atoms with Crippen molar-refractivity contribution in [3.63, 3.8) is 0 Å². The van der Waals surface area contributed by atoms with Gasteiger partial charge in [-0.3, -0.25) is 9.13 Å². The second-order valence-electron chi connectivity index (χ2n) is 7.03. The monoisotopic (exact) mass is 406 g/mol. The van der Waals surface area contributed by atoms with Crippen LogP contribution in [0.5, 0.6) is 11.5 Å². The second-order valence-corrected chi connectivity index (χ2v) is 7.03. The summed E-state index contributed by atoms with van der Waals surface area (Å²) in [7, 11) is 3.33. The van der Waals surface area contributed by atoms with E-state index in [9.17, 15) is 9.18 Å². The summed E-state index contributed by atoms with van der Waals surface area (Å²) in [6.07, 6.45) is 0. The molecule has 0 radical (unpaired) electrons. The van der Waals surface area contributed by atoms with E-state index in [0.717, 1.165) is 22.2 Å². The largest absolute Gasteiger partial charge is 0.493 e. The zero-order valence-corrected chi connectivity index (χ0v) is 17.2. The normalized spacial score (nSPS) is 11.1. The molecular formula is C24H23FN2O3. The van der Waals surface area contributed by atoms with Crippen LogP contribution in [0.25, 0.3) is 22.2 Å². The number of imidazole rings is 1. The van der Waals surface area contributed by atoms with Gasteiger partial charge in [-0.1, -0.05) is 30.3 Å². The summed E-state index contributed by atoms with van der Waals surface area (Å²) in [6, 6.07) is 17.8. The van der Waals surface area contributed by atoms with Crippen molar-refractivity contribution in [1.82, 2.24) is 9.13 Å². The third-order valence-electron chi connectivity index (χ3n) is 5.20. The highest BCUT2D eigenvalue weighted by Crippen LogP contribution is 2.29. The lowest BCUT2D eigenvalue weighted by Crippen LogP contribution is -2.22. The summed E-state index contributed by atoms with van der Waals surface area (Å²) in [5.74, 6) is 1.01. The first-order valence-corrected chi connectivity index (χ1v) is 9.77. The van der Waals surface area contributed by atoms with Gasteiger partial charge in [0.1, 0.15) is 5.82 Å². The Balaban J connectivity index is 1.77. The molecule has 0 saturated carbocycles. The van der Waals surface area contributed by atoms with E-state index in [2.05, 4.69) is 0 Å². The molecule has 0 aliphatic heterocycles. The number of aryl methyl sites for hydroxylation is 1.